The number of benzene rings is 2. The summed E-state index contributed by atoms with van der Waals surface area (Å²) in [6.07, 6.45) is 6.85. The highest BCUT2D eigenvalue weighted by molar-refractivity contribution is 14.1. The van der Waals surface area contributed by atoms with Crippen LogP contribution in [0.4, 0.5) is 0 Å². The molecule has 0 N–H and O–H groups in total. The molecule has 0 aliphatic heterocycles. The number of para-hydroxylation sites is 2. The standard InChI is InChI=1S/C10H11IO.C10H10O/c1-2-3-8-12-10-7-5-4-6-9(10)11;1-2-8-7-11-10-6-4-3-5-9(8)10/h2-7H,8H2,1H3;3-7H,2H2,1H3. The maximum Gasteiger partial charge on any atom is 0.134 e. The van der Waals surface area contributed by atoms with Crippen molar-refractivity contribution in [2.75, 3.05) is 6.61 Å². The van der Waals surface area contributed by atoms with Crippen molar-refractivity contribution in [3.63, 3.8) is 0 Å². The fourth-order valence-electron chi connectivity index (χ4n) is 2.10. The van der Waals surface area contributed by atoms with Gasteiger partial charge in [-0.2, -0.15) is 0 Å². The van der Waals surface area contributed by atoms with E-state index in [1.807, 2.05) is 67.8 Å². The molecule has 0 saturated carbocycles. The fourth-order valence-corrected chi connectivity index (χ4v) is 2.65. The normalized spacial score (nSPS) is 10.6. The Kier molecular flexibility index (Phi) is 7.20. The van der Waals surface area contributed by atoms with Crippen LogP contribution in [0.5, 0.6) is 5.75 Å². The first-order valence-electron chi connectivity index (χ1n) is 7.69. The van der Waals surface area contributed by atoms with Gasteiger partial charge in [0.05, 0.1) is 9.83 Å². The summed E-state index contributed by atoms with van der Waals surface area (Å²) in [6, 6.07) is 16.1. The quantitative estimate of drug-likeness (QED) is 0.368. The largest absolute Gasteiger partial charge is 0.488 e. The van der Waals surface area contributed by atoms with Crippen molar-refractivity contribution in [2.24, 2.45) is 0 Å². The summed E-state index contributed by atoms with van der Waals surface area (Å²) in [6.45, 7) is 4.77. The summed E-state index contributed by atoms with van der Waals surface area (Å²) in [5, 5.41) is 1.25. The van der Waals surface area contributed by atoms with Crippen LogP contribution in [0.3, 0.4) is 0 Å². The third kappa shape index (κ3) is 5.13. The fraction of sp³-hybridized carbons (Fsp3) is 0.200. The zero-order valence-corrected chi connectivity index (χ0v) is 15.6. The number of furan rings is 1. The van der Waals surface area contributed by atoms with Crippen molar-refractivity contribution >= 4 is 33.6 Å². The van der Waals surface area contributed by atoms with Gasteiger partial charge >= 0.3 is 0 Å². The van der Waals surface area contributed by atoms with E-state index in [0.717, 1.165) is 21.3 Å². The van der Waals surface area contributed by atoms with Crippen molar-refractivity contribution in [3.05, 3.63) is 76.1 Å². The number of allylic oxidation sites excluding steroid dienone is 1. The van der Waals surface area contributed by atoms with Gasteiger partial charge in [0.15, 0.2) is 0 Å². The molecule has 0 amide bonds. The molecule has 23 heavy (non-hydrogen) atoms. The van der Waals surface area contributed by atoms with Crippen molar-refractivity contribution in [1.82, 2.24) is 0 Å². The second kappa shape index (κ2) is 9.40. The van der Waals surface area contributed by atoms with Crippen molar-refractivity contribution in [3.8, 4) is 5.75 Å². The zero-order valence-electron chi connectivity index (χ0n) is 13.5. The number of fused-ring (bicyclic) bond motifs is 1. The predicted molar refractivity (Wildman–Crippen MR) is 105 cm³/mol. The summed E-state index contributed by atoms with van der Waals surface area (Å²) >= 11 is 2.26. The van der Waals surface area contributed by atoms with Gasteiger partial charge < -0.3 is 9.15 Å². The molecule has 3 heteroatoms. The average Bonchev–Trinajstić information content (AvgIpc) is 3.01. The van der Waals surface area contributed by atoms with E-state index in [2.05, 4.69) is 35.6 Å². The molecule has 0 saturated heterocycles. The van der Waals surface area contributed by atoms with E-state index in [-0.39, 0.29) is 0 Å². The molecule has 0 fully saturated rings. The molecule has 2 aromatic carbocycles. The molecular weight excluding hydrogens is 399 g/mol. The highest BCUT2D eigenvalue weighted by Crippen LogP contribution is 2.20. The van der Waals surface area contributed by atoms with Gasteiger partial charge in [0.25, 0.3) is 0 Å². The van der Waals surface area contributed by atoms with Gasteiger partial charge in [-0.05, 0) is 59.7 Å². The third-order valence-corrected chi connectivity index (χ3v) is 4.24. The van der Waals surface area contributed by atoms with Crippen LogP contribution in [0.2, 0.25) is 0 Å². The molecule has 120 valence electrons. The Bertz CT molecular complexity index is 759. The lowest BCUT2D eigenvalue weighted by Gasteiger charge is -2.04. The van der Waals surface area contributed by atoms with Gasteiger partial charge in [-0.3, -0.25) is 0 Å². The zero-order chi connectivity index (χ0) is 16.5. The molecule has 0 unspecified atom stereocenters. The van der Waals surface area contributed by atoms with Crippen LogP contribution >= 0.6 is 22.6 Å². The highest BCUT2D eigenvalue weighted by Gasteiger charge is 2.00. The van der Waals surface area contributed by atoms with E-state index in [1.165, 1.54) is 10.9 Å². The third-order valence-electron chi connectivity index (χ3n) is 3.35. The SMILES string of the molecule is CC=CCOc1ccccc1I.CCc1coc2ccccc12. The number of ether oxygens (including phenoxy) is 1. The van der Waals surface area contributed by atoms with Gasteiger partial charge in [-0.15, -0.1) is 0 Å². The van der Waals surface area contributed by atoms with E-state index in [4.69, 9.17) is 9.15 Å². The Morgan fingerprint density at radius 3 is 2.57 bits per heavy atom. The molecule has 0 radical (unpaired) electrons. The maximum atomic E-state index is 5.48. The topological polar surface area (TPSA) is 22.4 Å². The first kappa shape index (κ1) is 17.6. The summed E-state index contributed by atoms with van der Waals surface area (Å²) in [5.41, 5.74) is 2.28. The molecule has 0 aliphatic rings. The predicted octanol–water partition coefficient (Wildman–Crippen LogP) is 6.24. The minimum absolute atomic E-state index is 0.649. The lowest BCUT2D eigenvalue weighted by molar-refractivity contribution is 0.360. The minimum Gasteiger partial charge on any atom is -0.488 e. The van der Waals surface area contributed by atoms with E-state index in [1.54, 1.807) is 0 Å². The van der Waals surface area contributed by atoms with Crippen LogP contribution in [0.1, 0.15) is 19.4 Å². The summed E-state index contributed by atoms with van der Waals surface area (Å²) in [4.78, 5) is 0. The monoisotopic (exact) mass is 420 g/mol. The molecule has 2 nitrogen and oxygen atoms in total. The van der Waals surface area contributed by atoms with Gasteiger partial charge in [-0.25, -0.2) is 0 Å². The van der Waals surface area contributed by atoms with Crippen LogP contribution in [0, 0.1) is 3.57 Å². The molecule has 3 aromatic rings. The Morgan fingerprint density at radius 2 is 1.83 bits per heavy atom. The van der Waals surface area contributed by atoms with E-state index in [0.29, 0.717) is 6.61 Å². The molecule has 0 atom stereocenters. The number of aryl methyl sites for hydroxylation is 1. The van der Waals surface area contributed by atoms with E-state index >= 15 is 0 Å². The molecule has 0 spiro atoms. The molecule has 3 rings (SSSR count). The number of rotatable bonds is 4. The van der Waals surface area contributed by atoms with Crippen LogP contribution in [0.15, 0.2) is 71.4 Å². The lowest BCUT2D eigenvalue weighted by atomic mass is 10.1. The Morgan fingerprint density at radius 1 is 1.09 bits per heavy atom. The Hall–Kier alpha value is -1.75. The molecule has 0 aliphatic carbocycles. The lowest BCUT2D eigenvalue weighted by Crippen LogP contribution is -1.94. The van der Waals surface area contributed by atoms with Crippen molar-refractivity contribution < 1.29 is 9.15 Å². The average molecular weight is 420 g/mol. The first-order valence-corrected chi connectivity index (χ1v) is 8.77. The van der Waals surface area contributed by atoms with E-state index in [9.17, 15) is 0 Å². The summed E-state index contributed by atoms with van der Waals surface area (Å²) < 4.78 is 12.0. The van der Waals surface area contributed by atoms with Crippen molar-refractivity contribution in [1.29, 1.82) is 0 Å². The van der Waals surface area contributed by atoms with Gasteiger partial charge in [0, 0.05) is 5.39 Å². The van der Waals surface area contributed by atoms with Gasteiger partial charge in [0.1, 0.15) is 17.9 Å². The van der Waals surface area contributed by atoms with Gasteiger partial charge in [-0.1, -0.05) is 49.4 Å². The molecule has 1 heterocycles. The van der Waals surface area contributed by atoms with Crippen LogP contribution in [-0.2, 0) is 6.42 Å². The van der Waals surface area contributed by atoms with Crippen LogP contribution in [-0.4, -0.2) is 6.61 Å². The van der Waals surface area contributed by atoms with Crippen molar-refractivity contribution in [2.45, 2.75) is 20.3 Å². The van der Waals surface area contributed by atoms with E-state index < -0.39 is 0 Å². The van der Waals surface area contributed by atoms with Gasteiger partial charge in [0.2, 0.25) is 0 Å². The maximum absolute atomic E-state index is 5.48. The first-order chi connectivity index (χ1) is 11.3. The van der Waals surface area contributed by atoms with Crippen LogP contribution in [0.25, 0.3) is 11.0 Å². The summed E-state index contributed by atoms with van der Waals surface area (Å²) in [7, 11) is 0. The molecule has 0 bridgehead atoms. The number of hydrogen-bond donors (Lipinski definition) is 0. The number of halogens is 1. The second-order valence-corrected chi connectivity index (χ2v) is 6.08. The highest BCUT2D eigenvalue weighted by atomic mass is 127. The molecule has 1 aromatic heterocycles. The Balaban J connectivity index is 0.000000167. The number of hydrogen-bond acceptors (Lipinski definition) is 2. The summed E-state index contributed by atoms with van der Waals surface area (Å²) in [5.74, 6) is 0.955. The Labute approximate surface area is 151 Å². The molecular formula is C20H21IO2. The second-order valence-electron chi connectivity index (χ2n) is 4.92. The van der Waals surface area contributed by atoms with Crippen LogP contribution < -0.4 is 4.74 Å². The smallest absolute Gasteiger partial charge is 0.134 e. The minimum atomic E-state index is 0.649.